The number of nitro groups is 1. The predicted molar refractivity (Wildman–Crippen MR) is 91.2 cm³/mol. The third kappa shape index (κ3) is 2.62. The van der Waals surface area contributed by atoms with E-state index < -0.39 is 0 Å². The Balaban J connectivity index is 1.90. The van der Waals surface area contributed by atoms with Gasteiger partial charge in [-0.25, -0.2) is 0 Å². The second-order valence-electron chi connectivity index (χ2n) is 4.85. The van der Waals surface area contributed by atoms with Gasteiger partial charge < -0.3 is 0 Å². The summed E-state index contributed by atoms with van der Waals surface area (Å²) in [7, 11) is 0. The summed E-state index contributed by atoms with van der Waals surface area (Å²) in [6, 6.07) is 6.60. The standard InChI is InChI=1S/C16H13NO2S2/c1-10-9-20-16-15(10)11(2)14(21-16)8-5-12-3-6-13(7-4-12)17(18)19/h3-9H,1-2H3/b8-5+. The van der Waals surface area contributed by atoms with Crippen LogP contribution in [0, 0.1) is 24.0 Å². The van der Waals surface area contributed by atoms with Gasteiger partial charge in [0.1, 0.15) is 0 Å². The first kappa shape index (κ1) is 14.0. The minimum atomic E-state index is -0.381. The number of thiophene rings is 2. The fraction of sp³-hybridized carbons (Fsp3) is 0.125. The van der Waals surface area contributed by atoms with Crippen LogP contribution in [0.3, 0.4) is 0 Å². The molecule has 0 bridgehead atoms. The van der Waals surface area contributed by atoms with Gasteiger partial charge in [0.2, 0.25) is 0 Å². The minimum Gasteiger partial charge on any atom is -0.258 e. The molecule has 0 amide bonds. The molecule has 0 fully saturated rings. The largest absolute Gasteiger partial charge is 0.269 e. The lowest BCUT2D eigenvalue weighted by Crippen LogP contribution is -1.86. The van der Waals surface area contributed by atoms with E-state index >= 15 is 0 Å². The van der Waals surface area contributed by atoms with Crippen molar-refractivity contribution in [1.82, 2.24) is 0 Å². The summed E-state index contributed by atoms with van der Waals surface area (Å²) in [4.78, 5) is 11.5. The SMILES string of the molecule is Cc1csc2sc(/C=C/c3ccc([N+](=O)[O-])cc3)c(C)c12. The van der Waals surface area contributed by atoms with Gasteiger partial charge in [-0.05, 0) is 54.1 Å². The van der Waals surface area contributed by atoms with Crippen molar-refractivity contribution in [3.8, 4) is 0 Å². The van der Waals surface area contributed by atoms with Crippen molar-refractivity contribution in [3.63, 3.8) is 0 Å². The summed E-state index contributed by atoms with van der Waals surface area (Å²) in [5.41, 5.74) is 3.73. The van der Waals surface area contributed by atoms with Gasteiger partial charge in [-0.2, -0.15) is 0 Å². The molecule has 2 heterocycles. The molecule has 0 unspecified atom stereocenters. The molecule has 0 N–H and O–H groups in total. The van der Waals surface area contributed by atoms with Crippen LogP contribution in [-0.2, 0) is 0 Å². The van der Waals surface area contributed by atoms with Crippen LogP contribution in [0.15, 0.2) is 29.6 Å². The smallest absolute Gasteiger partial charge is 0.258 e. The Morgan fingerprint density at radius 2 is 1.86 bits per heavy atom. The lowest BCUT2D eigenvalue weighted by atomic mass is 10.1. The molecular formula is C16H13NO2S2. The predicted octanol–water partition coefficient (Wildman–Crippen LogP) is 5.66. The average Bonchev–Trinajstić information content (AvgIpc) is 2.98. The molecule has 0 atom stereocenters. The number of non-ortho nitro benzene ring substituents is 1. The number of rotatable bonds is 3. The van der Waals surface area contributed by atoms with Crippen molar-refractivity contribution in [2.24, 2.45) is 0 Å². The van der Waals surface area contributed by atoms with E-state index in [1.165, 1.54) is 37.5 Å². The Kier molecular flexibility index (Phi) is 3.61. The van der Waals surface area contributed by atoms with Gasteiger partial charge in [0.15, 0.2) is 0 Å². The normalized spacial score (nSPS) is 11.5. The fourth-order valence-corrected chi connectivity index (χ4v) is 4.73. The van der Waals surface area contributed by atoms with Crippen LogP contribution >= 0.6 is 22.7 Å². The van der Waals surface area contributed by atoms with Crippen molar-refractivity contribution < 1.29 is 4.92 Å². The molecule has 2 aromatic heterocycles. The maximum Gasteiger partial charge on any atom is 0.269 e. The van der Waals surface area contributed by atoms with Crippen LogP contribution < -0.4 is 0 Å². The van der Waals surface area contributed by atoms with E-state index in [4.69, 9.17) is 0 Å². The molecule has 3 aromatic rings. The topological polar surface area (TPSA) is 43.1 Å². The molecule has 21 heavy (non-hydrogen) atoms. The minimum absolute atomic E-state index is 0.121. The quantitative estimate of drug-likeness (QED) is 0.462. The van der Waals surface area contributed by atoms with Crippen LogP contribution in [0.4, 0.5) is 5.69 Å². The molecule has 3 rings (SSSR count). The second-order valence-corrected chi connectivity index (χ2v) is 7.04. The number of hydrogen-bond acceptors (Lipinski definition) is 4. The van der Waals surface area contributed by atoms with Crippen LogP contribution in [0.1, 0.15) is 21.6 Å². The van der Waals surface area contributed by atoms with Crippen molar-refractivity contribution in [3.05, 3.63) is 61.3 Å². The Morgan fingerprint density at radius 1 is 1.14 bits per heavy atom. The number of fused-ring (bicyclic) bond motifs is 1. The van der Waals surface area contributed by atoms with Crippen LogP contribution in [0.2, 0.25) is 0 Å². The maximum absolute atomic E-state index is 10.6. The van der Waals surface area contributed by atoms with Crippen LogP contribution in [0.5, 0.6) is 0 Å². The van der Waals surface area contributed by atoms with E-state index in [-0.39, 0.29) is 10.6 Å². The van der Waals surface area contributed by atoms with Crippen molar-refractivity contribution >= 4 is 49.9 Å². The van der Waals surface area contributed by atoms with E-state index in [0.29, 0.717) is 0 Å². The van der Waals surface area contributed by atoms with E-state index in [1.807, 2.05) is 6.08 Å². The molecule has 0 saturated heterocycles. The van der Waals surface area contributed by atoms with Gasteiger partial charge in [-0.3, -0.25) is 10.1 Å². The summed E-state index contributed by atoms with van der Waals surface area (Å²) < 4.78 is 1.35. The number of aryl methyl sites for hydroxylation is 2. The van der Waals surface area contributed by atoms with Crippen LogP contribution in [-0.4, -0.2) is 4.92 Å². The number of nitrogens with zero attached hydrogens (tertiary/aromatic N) is 1. The Morgan fingerprint density at radius 3 is 2.48 bits per heavy atom. The van der Waals surface area contributed by atoms with Crippen molar-refractivity contribution in [1.29, 1.82) is 0 Å². The monoisotopic (exact) mass is 315 g/mol. The first-order chi connectivity index (χ1) is 10.1. The zero-order valence-electron chi connectivity index (χ0n) is 11.6. The highest BCUT2D eigenvalue weighted by Crippen LogP contribution is 2.38. The molecule has 5 heteroatoms. The highest BCUT2D eigenvalue weighted by atomic mass is 32.2. The maximum atomic E-state index is 10.6. The summed E-state index contributed by atoms with van der Waals surface area (Å²) in [6.45, 7) is 4.29. The molecule has 0 saturated carbocycles. The zero-order chi connectivity index (χ0) is 15.0. The Hall–Kier alpha value is -1.98. The summed E-state index contributed by atoms with van der Waals surface area (Å²) in [5.74, 6) is 0. The molecule has 106 valence electrons. The first-order valence-corrected chi connectivity index (χ1v) is 8.15. The molecule has 0 spiro atoms. The Labute approximate surface area is 130 Å². The number of benzene rings is 1. The van der Waals surface area contributed by atoms with Gasteiger partial charge in [0.05, 0.1) is 8.94 Å². The van der Waals surface area contributed by atoms with E-state index in [1.54, 1.807) is 34.8 Å². The molecule has 0 radical (unpaired) electrons. The summed E-state index contributed by atoms with van der Waals surface area (Å²) in [5, 5.41) is 14.2. The first-order valence-electron chi connectivity index (χ1n) is 6.46. The van der Waals surface area contributed by atoms with E-state index in [0.717, 1.165) is 5.56 Å². The van der Waals surface area contributed by atoms with Gasteiger partial charge in [0.25, 0.3) is 5.69 Å². The van der Waals surface area contributed by atoms with Crippen molar-refractivity contribution in [2.45, 2.75) is 13.8 Å². The molecule has 0 aliphatic rings. The third-order valence-electron chi connectivity index (χ3n) is 3.42. The van der Waals surface area contributed by atoms with Gasteiger partial charge in [0, 0.05) is 22.4 Å². The summed E-state index contributed by atoms with van der Waals surface area (Å²) >= 11 is 3.58. The second kappa shape index (κ2) is 5.42. The summed E-state index contributed by atoms with van der Waals surface area (Å²) in [6.07, 6.45) is 4.09. The molecule has 3 nitrogen and oxygen atoms in total. The average molecular weight is 315 g/mol. The van der Waals surface area contributed by atoms with E-state index in [9.17, 15) is 10.1 Å². The molecule has 0 aliphatic heterocycles. The molecule has 1 aromatic carbocycles. The zero-order valence-corrected chi connectivity index (χ0v) is 13.3. The highest BCUT2D eigenvalue weighted by Gasteiger charge is 2.10. The van der Waals surface area contributed by atoms with Gasteiger partial charge in [-0.1, -0.05) is 6.08 Å². The highest BCUT2D eigenvalue weighted by molar-refractivity contribution is 7.38. The lowest BCUT2D eigenvalue weighted by molar-refractivity contribution is -0.384. The Bertz CT molecular complexity index is 841. The molecular weight excluding hydrogens is 302 g/mol. The van der Waals surface area contributed by atoms with E-state index in [2.05, 4.69) is 25.3 Å². The lowest BCUT2D eigenvalue weighted by Gasteiger charge is -1.95. The number of hydrogen-bond donors (Lipinski definition) is 0. The van der Waals surface area contributed by atoms with Gasteiger partial charge in [-0.15, -0.1) is 22.7 Å². The third-order valence-corrected chi connectivity index (χ3v) is 5.90. The van der Waals surface area contributed by atoms with Crippen LogP contribution in [0.25, 0.3) is 21.6 Å². The van der Waals surface area contributed by atoms with Crippen molar-refractivity contribution in [2.75, 3.05) is 0 Å². The molecule has 0 aliphatic carbocycles. The van der Waals surface area contributed by atoms with Gasteiger partial charge >= 0.3 is 0 Å². The number of nitro benzene ring substituents is 1. The fourth-order valence-electron chi connectivity index (χ4n) is 2.28.